The molecule has 0 radical (unpaired) electrons. The number of pyridine rings is 1. The fraction of sp³-hybridized carbons (Fsp3) is 0.111. The lowest BCUT2D eigenvalue weighted by molar-refractivity contribution is -0.114. The minimum atomic E-state index is -0.216. The second kappa shape index (κ2) is 6.86. The summed E-state index contributed by atoms with van der Waals surface area (Å²) in [5, 5.41) is 7.66. The number of anilines is 1. The van der Waals surface area contributed by atoms with Crippen LogP contribution in [0.15, 0.2) is 48.8 Å². The third kappa shape index (κ3) is 3.59. The van der Waals surface area contributed by atoms with Gasteiger partial charge in [0, 0.05) is 30.9 Å². The van der Waals surface area contributed by atoms with Crippen LogP contribution in [0.25, 0.3) is 16.9 Å². The molecular formula is C18H15ClN4O2. The van der Waals surface area contributed by atoms with Gasteiger partial charge in [0.05, 0.1) is 16.3 Å². The second-order valence-corrected chi connectivity index (χ2v) is 5.86. The number of carbonyl (C=O) groups excluding carboxylic acids is 2. The van der Waals surface area contributed by atoms with Crippen molar-refractivity contribution in [2.45, 2.75) is 13.8 Å². The van der Waals surface area contributed by atoms with Crippen molar-refractivity contribution < 1.29 is 9.59 Å². The Morgan fingerprint density at radius 1 is 1.16 bits per heavy atom. The molecule has 0 atom stereocenters. The standard InChI is InChI=1S/C18H15ClN4O2/c1-11(24)15-10-23(13-7-8-20-17(9-13)21-12(2)25)22-18(15)14-5-3-4-6-16(14)19/h3-10H,1-2H3,(H,20,21,25). The highest BCUT2D eigenvalue weighted by Crippen LogP contribution is 2.30. The molecule has 7 heteroatoms. The largest absolute Gasteiger partial charge is 0.311 e. The molecule has 3 rings (SSSR count). The fourth-order valence-electron chi connectivity index (χ4n) is 2.43. The predicted molar refractivity (Wildman–Crippen MR) is 96.1 cm³/mol. The molecule has 0 aliphatic rings. The molecule has 0 saturated carbocycles. The molecule has 0 fully saturated rings. The normalized spacial score (nSPS) is 10.5. The molecule has 25 heavy (non-hydrogen) atoms. The van der Waals surface area contributed by atoms with Crippen molar-refractivity contribution in [3.63, 3.8) is 0 Å². The van der Waals surface area contributed by atoms with Gasteiger partial charge in [0.2, 0.25) is 5.91 Å². The summed E-state index contributed by atoms with van der Waals surface area (Å²) in [5.74, 6) is 0.0766. The summed E-state index contributed by atoms with van der Waals surface area (Å²) in [6.45, 7) is 2.89. The zero-order chi connectivity index (χ0) is 18.0. The van der Waals surface area contributed by atoms with E-state index in [0.29, 0.717) is 33.3 Å². The van der Waals surface area contributed by atoms with Crippen LogP contribution in [-0.4, -0.2) is 26.5 Å². The Morgan fingerprint density at radius 2 is 1.92 bits per heavy atom. The maximum absolute atomic E-state index is 12.0. The van der Waals surface area contributed by atoms with E-state index >= 15 is 0 Å². The maximum Gasteiger partial charge on any atom is 0.222 e. The van der Waals surface area contributed by atoms with Gasteiger partial charge >= 0.3 is 0 Å². The van der Waals surface area contributed by atoms with Gasteiger partial charge in [-0.15, -0.1) is 0 Å². The molecule has 0 saturated heterocycles. The molecule has 1 N–H and O–H groups in total. The van der Waals surface area contributed by atoms with Crippen LogP contribution in [0.2, 0.25) is 5.02 Å². The van der Waals surface area contributed by atoms with E-state index in [1.54, 1.807) is 35.3 Å². The molecule has 1 aromatic carbocycles. The molecular weight excluding hydrogens is 340 g/mol. The third-order valence-corrected chi connectivity index (χ3v) is 3.86. The molecule has 2 heterocycles. The van der Waals surface area contributed by atoms with Gasteiger partial charge in [0.15, 0.2) is 5.78 Å². The van der Waals surface area contributed by atoms with Gasteiger partial charge in [-0.25, -0.2) is 9.67 Å². The van der Waals surface area contributed by atoms with E-state index in [9.17, 15) is 9.59 Å². The van der Waals surface area contributed by atoms with Gasteiger partial charge in [-0.2, -0.15) is 5.10 Å². The average Bonchev–Trinajstić information content (AvgIpc) is 3.00. The Morgan fingerprint density at radius 3 is 2.60 bits per heavy atom. The van der Waals surface area contributed by atoms with Crippen molar-refractivity contribution in [3.05, 3.63) is 59.4 Å². The summed E-state index contributed by atoms with van der Waals surface area (Å²) in [7, 11) is 0. The number of Topliss-reactive ketones (excluding diaryl/α,β-unsaturated/α-hetero) is 1. The number of nitrogens with one attached hydrogen (secondary N) is 1. The first kappa shape index (κ1) is 16.9. The van der Waals surface area contributed by atoms with Crippen molar-refractivity contribution in [3.8, 4) is 16.9 Å². The van der Waals surface area contributed by atoms with E-state index in [1.165, 1.54) is 13.8 Å². The number of rotatable bonds is 4. The van der Waals surface area contributed by atoms with E-state index in [0.717, 1.165) is 0 Å². The Kier molecular flexibility index (Phi) is 4.63. The van der Waals surface area contributed by atoms with Crippen LogP contribution in [0.3, 0.4) is 0 Å². The lowest BCUT2D eigenvalue weighted by atomic mass is 10.1. The first-order chi connectivity index (χ1) is 12.0. The smallest absolute Gasteiger partial charge is 0.222 e. The number of hydrogen-bond acceptors (Lipinski definition) is 4. The Labute approximate surface area is 149 Å². The van der Waals surface area contributed by atoms with Gasteiger partial charge in [0.25, 0.3) is 0 Å². The molecule has 0 unspecified atom stereocenters. The molecule has 1 amide bonds. The minimum absolute atomic E-state index is 0.114. The molecule has 0 aliphatic heterocycles. The monoisotopic (exact) mass is 354 g/mol. The van der Waals surface area contributed by atoms with Crippen LogP contribution in [0.1, 0.15) is 24.2 Å². The first-order valence-corrected chi connectivity index (χ1v) is 7.93. The summed E-state index contributed by atoms with van der Waals surface area (Å²) >= 11 is 6.26. The van der Waals surface area contributed by atoms with Gasteiger partial charge < -0.3 is 5.32 Å². The van der Waals surface area contributed by atoms with Crippen LogP contribution in [0, 0.1) is 0 Å². The average molecular weight is 355 g/mol. The number of ketones is 1. The van der Waals surface area contributed by atoms with Crippen LogP contribution < -0.4 is 5.32 Å². The number of halogens is 1. The Hall–Kier alpha value is -2.99. The van der Waals surface area contributed by atoms with E-state index in [2.05, 4.69) is 15.4 Å². The molecule has 126 valence electrons. The van der Waals surface area contributed by atoms with Gasteiger partial charge in [0.1, 0.15) is 11.5 Å². The van der Waals surface area contributed by atoms with Gasteiger partial charge in [-0.1, -0.05) is 29.8 Å². The topological polar surface area (TPSA) is 76.9 Å². The van der Waals surface area contributed by atoms with Crippen molar-refractivity contribution >= 4 is 29.1 Å². The zero-order valence-electron chi connectivity index (χ0n) is 13.7. The first-order valence-electron chi connectivity index (χ1n) is 7.55. The van der Waals surface area contributed by atoms with Crippen LogP contribution >= 0.6 is 11.6 Å². The number of aromatic nitrogens is 3. The molecule has 2 aromatic heterocycles. The van der Waals surface area contributed by atoms with Gasteiger partial charge in [-0.3, -0.25) is 9.59 Å². The van der Waals surface area contributed by atoms with Crippen molar-refractivity contribution in [2.24, 2.45) is 0 Å². The lowest BCUT2D eigenvalue weighted by Gasteiger charge is -2.05. The molecule has 0 aliphatic carbocycles. The highest BCUT2D eigenvalue weighted by atomic mass is 35.5. The fourth-order valence-corrected chi connectivity index (χ4v) is 2.65. The maximum atomic E-state index is 12.0. The quantitative estimate of drug-likeness (QED) is 0.724. The SMILES string of the molecule is CC(=O)Nc1cc(-n2cc(C(C)=O)c(-c3ccccc3Cl)n2)ccn1. The van der Waals surface area contributed by atoms with Crippen molar-refractivity contribution in [2.75, 3.05) is 5.32 Å². The summed E-state index contributed by atoms with van der Waals surface area (Å²) in [6.07, 6.45) is 3.21. The predicted octanol–water partition coefficient (Wildman–Crippen LogP) is 3.75. The minimum Gasteiger partial charge on any atom is -0.311 e. The molecule has 3 aromatic rings. The number of hydrogen-bond donors (Lipinski definition) is 1. The molecule has 0 bridgehead atoms. The second-order valence-electron chi connectivity index (χ2n) is 5.45. The summed E-state index contributed by atoms with van der Waals surface area (Å²) in [6, 6.07) is 10.6. The van der Waals surface area contributed by atoms with E-state index < -0.39 is 0 Å². The van der Waals surface area contributed by atoms with Crippen molar-refractivity contribution in [1.29, 1.82) is 0 Å². The number of benzene rings is 1. The molecule has 0 spiro atoms. The number of amides is 1. The Balaban J connectivity index is 2.10. The van der Waals surface area contributed by atoms with Crippen molar-refractivity contribution in [1.82, 2.24) is 14.8 Å². The van der Waals surface area contributed by atoms with Crippen LogP contribution in [-0.2, 0) is 4.79 Å². The lowest BCUT2D eigenvalue weighted by Crippen LogP contribution is -2.08. The molecule has 6 nitrogen and oxygen atoms in total. The van der Waals surface area contributed by atoms with Gasteiger partial charge in [-0.05, 0) is 19.1 Å². The van der Waals surface area contributed by atoms with Crippen LogP contribution in [0.4, 0.5) is 5.82 Å². The van der Waals surface area contributed by atoms with Crippen LogP contribution in [0.5, 0.6) is 0 Å². The van der Waals surface area contributed by atoms with E-state index in [4.69, 9.17) is 11.6 Å². The highest BCUT2D eigenvalue weighted by Gasteiger charge is 2.17. The number of nitrogens with zero attached hydrogens (tertiary/aromatic N) is 3. The van der Waals surface area contributed by atoms with E-state index in [1.807, 2.05) is 18.2 Å². The Bertz CT molecular complexity index is 965. The summed E-state index contributed by atoms with van der Waals surface area (Å²) in [4.78, 5) is 27.3. The summed E-state index contributed by atoms with van der Waals surface area (Å²) in [5.41, 5.74) is 2.32. The third-order valence-electron chi connectivity index (χ3n) is 3.53. The highest BCUT2D eigenvalue weighted by molar-refractivity contribution is 6.33. The number of carbonyl (C=O) groups is 2. The summed E-state index contributed by atoms with van der Waals surface area (Å²) < 4.78 is 1.57. The van der Waals surface area contributed by atoms with E-state index in [-0.39, 0.29) is 11.7 Å². The zero-order valence-corrected chi connectivity index (χ0v) is 14.4.